The lowest BCUT2D eigenvalue weighted by Crippen LogP contribution is -2.04. The van der Waals surface area contributed by atoms with Crippen LogP contribution in [0.4, 0.5) is 0 Å². The number of aromatic nitrogens is 1. The topological polar surface area (TPSA) is 68.3 Å². The van der Waals surface area contributed by atoms with Crippen LogP contribution in [0.25, 0.3) is 0 Å². The molecule has 9 heteroatoms. The van der Waals surface area contributed by atoms with Gasteiger partial charge in [-0.2, -0.15) is 0 Å². The van der Waals surface area contributed by atoms with Crippen molar-refractivity contribution in [3.8, 4) is 23.0 Å². The molecule has 1 heterocycles. The Bertz CT molecular complexity index is 1450. The lowest BCUT2D eigenvalue weighted by Gasteiger charge is -2.19. The molecule has 0 aliphatic carbocycles. The van der Waals surface area contributed by atoms with Gasteiger partial charge in [0.2, 0.25) is 0 Å². The van der Waals surface area contributed by atoms with Crippen molar-refractivity contribution in [1.82, 2.24) is 4.98 Å². The Morgan fingerprint density at radius 3 is 1.02 bits per heavy atom. The lowest BCUT2D eigenvalue weighted by atomic mass is 10.2. The van der Waals surface area contributed by atoms with E-state index in [1.54, 1.807) is 0 Å². The minimum Gasteiger partial charge on any atom is -0.418 e. The molecule has 226 valence electrons. The molecule has 0 bridgehead atoms. The summed E-state index contributed by atoms with van der Waals surface area (Å²) in [6.45, 7) is 8.42. The van der Waals surface area contributed by atoms with Gasteiger partial charge in [-0.3, -0.25) is 14.0 Å². The molecule has 0 unspecified atom stereocenters. The van der Waals surface area contributed by atoms with E-state index in [1.807, 2.05) is 143 Å². The third-order valence-electron chi connectivity index (χ3n) is 6.18. The Kier molecular flexibility index (Phi) is 11.2. The number of pyridine rings is 1. The monoisotopic (exact) mass is 627 g/mol. The van der Waals surface area contributed by atoms with Gasteiger partial charge in [-0.05, 0) is 111 Å². The van der Waals surface area contributed by atoms with Crippen molar-refractivity contribution in [1.29, 1.82) is 0 Å². The summed E-state index contributed by atoms with van der Waals surface area (Å²) in [6, 6.07) is 36.9. The molecule has 44 heavy (non-hydrogen) atoms. The third-order valence-corrected chi connectivity index (χ3v) is 8.30. The maximum absolute atomic E-state index is 6.15. The fourth-order valence-corrected chi connectivity index (χ4v) is 6.01. The van der Waals surface area contributed by atoms with Crippen molar-refractivity contribution in [2.24, 2.45) is 0 Å². The van der Waals surface area contributed by atoms with E-state index in [2.05, 4.69) is 0 Å². The molecule has 0 aliphatic rings. The smallest absolute Gasteiger partial charge is 0.418 e. The van der Waals surface area contributed by atoms with E-state index in [0.717, 1.165) is 22.3 Å². The predicted molar refractivity (Wildman–Crippen MR) is 175 cm³/mol. The molecule has 0 aliphatic heterocycles. The fourth-order valence-electron chi connectivity index (χ4n) is 4.10. The van der Waals surface area contributed by atoms with E-state index >= 15 is 0 Å². The first-order chi connectivity index (χ1) is 21.4. The molecule has 5 aromatic rings. The largest absolute Gasteiger partial charge is 0.463 e. The number of rotatable bonds is 14. The third kappa shape index (κ3) is 10.0. The Morgan fingerprint density at radius 1 is 0.432 bits per heavy atom. The number of benzene rings is 4. The van der Waals surface area contributed by atoms with E-state index in [9.17, 15) is 0 Å². The molecule has 0 fully saturated rings. The maximum Gasteiger partial charge on any atom is 0.463 e. The summed E-state index contributed by atoms with van der Waals surface area (Å²) in [4.78, 5) is 4.75. The zero-order valence-electron chi connectivity index (χ0n) is 25.2. The Balaban J connectivity index is 1.25. The van der Waals surface area contributed by atoms with Gasteiger partial charge in [-0.1, -0.05) is 54.6 Å². The quantitative estimate of drug-likeness (QED) is 0.114. The summed E-state index contributed by atoms with van der Waals surface area (Å²) < 4.78 is 36.8. The minimum absolute atomic E-state index is 0.186. The second-order valence-corrected chi connectivity index (χ2v) is 12.4. The van der Waals surface area contributed by atoms with Gasteiger partial charge in [-0.15, -0.1) is 0 Å². The Hall–Kier alpha value is -3.99. The average molecular weight is 628 g/mol. The van der Waals surface area contributed by atoms with Gasteiger partial charge in [0, 0.05) is 0 Å². The van der Waals surface area contributed by atoms with Crippen molar-refractivity contribution in [2.75, 3.05) is 0 Å². The van der Waals surface area contributed by atoms with Gasteiger partial charge in [0.1, 0.15) is 23.0 Å². The molecule has 5 rings (SSSR count). The Morgan fingerprint density at radius 2 is 0.727 bits per heavy atom. The highest BCUT2D eigenvalue weighted by Crippen LogP contribution is 2.44. The molecule has 0 atom stereocenters. The van der Waals surface area contributed by atoms with Crippen LogP contribution in [0.15, 0.2) is 115 Å². The molecular formula is C35H35NO6P2. The summed E-state index contributed by atoms with van der Waals surface area (Å²) >= 11 is 0. The summed E-state index contributed by atoms with van der Waals surface area (Å²) in [5.41, 5.74) is 5.76. The van der Waals surface area contributed by atoms with E-state index in [4.69, 9.17) is 32.1 Å². The molecule has 0 saturated heterocycles. The molecule has 0 spiro atoms. The van der Waals surface area contributed by atoms with Crippen LogP contribution < -0.4 is 18.1 Å². The number of hydrogen-bond acceptors (Lipinski definition) is 7. The number of aryl methyl sites for hydroxylation is 4. The zero-order chi connectivity index (χ0) is 30.7. The van der Waals surface area contributed by atoms with Crippen LogP contribution in [0.5, 0.6) is 23.0 Å². The number of hydrogen-bond donors (Lipinski definition) is 0. The van der Waals surface area contributed by atoms with E-state index in [1.165, 1.54) is 0 Å². The van der Waals surface area contributed by atoms with E-state index in [-0.39, 0.29) is 13.2 Å². The van der Waals surface area contributed by atoms with Crippen molar-refractivity contribution in [3.63, 3.8) is 0 Å². The van der Waals surface area contributed by atoms with E-state index < -0.39 is 17.2 Å². The predicted octanol–water partition coefficient (Wildman–Crippen LogP) is 10.1. The molecule has 0 radical (unpaired) electrons. The molecule has 0 amide bonds. The van der Waals surface area contributed by atoms with Crippen LogP contribution in [0.3, 0.4) is 0 Å². The highest BCUT2D eigenvalue weighted by Gasteiger charge is 2.20. The first-order valence-corrected chi connectivity index (χ1v) is 16.4. The van der Waals surface area contributed by atoms with Crippen LogP contribution in [-0.2, 0) is 22.3 Å². The molecule has 1 aromatic heterocycles. The van der Waals surface area contributed by atoms with Crippen molar-refractivity contribution in [3.05, 3.63) is 149 Å². The van der Waals surface area contributed by atoms with Gasteiger partial charge >= 0.3 is 17.2 Å². The molecule has 4 aromatic carbocycles. The van der Waals surface area contributed by atoms with Gasteiger partial charge in [-0.25, -0.2) is 0 Å². The van der Waals surface area contributed by atoms with Gasteiger partial charge in [0.05, 0.1) is 24.6 Å². The summed E-state index contributed by atoms with van der Waals surface area (Å²) in [6.07, 6.45) is 0. The van der Waals surface area contributed by atoms with Gasteiger partial charge < -0.3 is 18.1 Å². The minimum atomic E-state index is -1.76. The van der Waals surface area contributed by atoms with Crippen LogP contribution in [-0.4, -0.2) is 4.98 Å². The fraction of sp³-hybridized carbons (Fsp3) is 0.171. The van der Waals surface area contributed by atoms with Crippen molar-refractivity contribution in [2.45, 2.75) is 40.9 Å². The van der Waals surface area contributed by atoms with E-state index in [0.29, 0.717) is 34.4 Å². The summed E-state index contributed by atoms with van der Waals surface area (Å²) in [7, 11) is -3.52. The summed E-state index contributed by atoms with van der Waals surface area (Å²) in [5, 5.41) is 0. The SMILES string of the molecule is Cc1cccc(OP(OCc2cccc(COP(Oc3cccc(C)c3)Oc3cccc(C)c3)n2)Oc2cccc(C)c2)c1. The van der Waals surface area contributed by atoms with Gasteiger partial charge in [0.25, 0.3) is 0 Å². The standard InChI is InChI=1S/C35H35NO6P2/c1-26-10-5-16-32(20-26)39-43(40-33-17-6-11-27(2)21-33)37-24-30-14-9-15-31(36-30)25-38-44(41-34-18-7-12-28(3)22-34)42-35-19-8-13-29(4)23-35/h5-23H,24-25H2,1-4H3. The van der Waals surface area contributed by atoms with Crippen LogP contribution in [0.2, 0.25) is 0 Å². The highest BCUT2D eigenvalue weighted by atomic mass is 31.2. The average Bonchev–Trinajstić information content (AvgIpc) is 2.99. The second-order valence-electron chi connectivity index (χ2n) is 10.2. The normalized spacial score (nSPS) is 11.0. The summed E-state index contributed by atoms with van der Waals surface area (Å²) in [5.74, 6) is 2.70. The maximum atomic E-state index is 6.15. The number of nitrogens with zero attached hydrogens (tertiary/aromatic N) is 1. The van der Waals surface area contributed by atoms with Crippen LogP contribution in [0.1, 0.15) is 33.6 Å². The lowest BCUT2D eigenvalue weighted by molar-refractivity contribution is 0.246. The molecule has 0 saturated carbocycles. The molecule has 7 nitrogen and oxygen atoms in total. The first-order valence-electron chi connectivity index (χ1n) is 14.2. The Labute approximate surface area is 261 Å². The zero-order valence-corrected chi connectivity index (χ0v) is 27.0. The van der Waals surface area contributed by atoms with Crippen molar-refractivity contribution >= 4 is 17.2 Å². The van der Waals surface area contributed by atoms with Crippen LogP contribution >= 0.6 is 17.2 Å². The molecule has 0 N–H and O–H groups in total. The first kappa shape index (κ1) is 31.4. The second kappa shape index (κ2) is 15.7. The van der Waals surface area contributed by atoms with Gasteiger partial charge in [0.15, 0.2) is 0 Å². The van der Waals surface area contributed by atoms with Crippen molar-refractivity contribution < 1.29 is 27.1 Å². The van der Waals surface area contributed by atoms with Crippen LogP contribution in [0, 0.1) is 27.7 Å². The molecular weight excluding hydrogens is 592 g/mol. The highest BCUT2D eigenvalue weighted by molar-refractivity contribution is 7.42.